The van der Waals surface area contributed by atoms with Crippen molar-refractivity contribution in [2.24, 2.45) is 0 Å². The molecule has 0 aliphatic heterocycles. The molecule has 1 aromatic heterocycles. The summed E-state index contributed by atoms with van der Waals surface area (Å²) >= 11 is 0. The van der Waals surface area contributed by atoms with Gasteiger partial charge in [-0.3, -0.25) is 9.59 Å². The number of nitrogens with zero attached hydrogens (tertiary/aromatic N) is 2. The quantitative estimate of drug-likeness (QED) is 0.680. The second-order valence-corrected chi connectivity index (χ2v) is 5.30. The van der Waals surface area contributed by atoms with E-state index in [1.807, 2.05) is 12.1 Å². The summed E-state index contributed by atoms with van der Waals surface area (Å²) in [5, 5.41) is 16.5. The van der Waals surface area contributed by atoms with Crippen LogP contribution in [0.15, 0.2) is 36.4 Å². The van der Waals surface area contributed by atoms with Crippen LogP contribution in [0.3, 0.4) is 0 Å². The molecule has 3 N–H and O–H groups in total. The Kier molecular flexibility index (Phi) is 6.24. The number of amides is 2. The standard InChI is InChI=1S/C17H21N5O2/c1-3-4-11-18-17(24)15-9-10-16(22-21-15)20-14-7-5-13(6-8-14)19-12(2)23/h5-10H,3-4,11H2,1-2H3,(H,18,24)(H,19,23)(H,20,22). The molecule has 2 amide bonds. The highest BCUT2D eigenvalue weighted by Crippen LogP contribution is 2.17. The lowest BCUT2D eigenvalue weighted by Crippen LogP contribution is -2.25. The van der Waals surface area contributed by atoms with Crippen molar-refractivity contribution in [2.75, 3.05) is 17.2 Å². The smallest absolute Gasteiger partial charge is 0.271 e. The predicted molar refractivity (Wildman–Crippen MR) is 93.3 cm³/mol. The summed E-state index contributed by atoms with van der Waals surface area (Å²) in [5.74, 6) is 0.198. The van der Waals surface area contributed by atoms with Crippen molar-refractivity contribution >= 4 is 29.0 Å². The summed E-state index contributed by atoms with van der Waals surface area (Å²) in [4.78, 5) is 22.8. The van der Waals surface area contributed by atoms with E-state index in [2.05, 4.69) is 33.1 Å². The molecule has 0 spiro atoms. The minimum absolute atomic E-state index is 0.116. The third-order valence-electron chi connectivity index (χ3n) is 3.19. The summed E-state index contributed by atoms with van der Waals surface area (Å²) in [5.41, 5.74) is 1.81. The van der Waals surface area contributed by atoms with Crippen molar-refractivity contribution in [3.05, 3.63) is 42.1 Å². The van der Waals surface area contributed by atoms with Gasteiger partial charge in [-0.2, -0.15) is 0 Å². The van der Waals surface area contributed by atoms with Crippen molar-refractivity contribution < 1.29 is 9.59 Å². The van der Waals surface area contributed by atoms with Crippen molar-refractivity contribution in [1.29, 1.82) is 0 Å². The Morgan fingerprint density at radius 3 is 2.29 bits per heavy atom. The number of nitrogens with one attached hydrogen (secondary N) is 3. The maximum Gasteiger partial charge on any atom is 0.271 e. The number of rotatable bonds is 7. The molecule has 0 radical (unpaired) electrons. The summed E-state index contributed by atoms with van der Waals surface area (Å²) in [6, 6.07) is 10.5. The number of aromatic nitrogens is 2. The molecule has 0 bridgehead atoms. The van der Waals surface area contributed by atoms with Gasteiger partial charge < -0.3 is 16.0 Å². The Labute approximate surface area is 140 Å². The highest BCUT2D eigenvalue weighted by atomic mass is 16.2. The number of carbonyl (C=O) groups excluding carboxylic acids is 2. The van der Waals surface area contributed by atoms with Gasteiger partial charge in [0.1, 0.15) is 0 Å². The maximum atomic E-state index is 11.8. The summed E-state index contributed by atoms with van der Waals surface area (Å²) in [6.45, 7) is 4.16. The van der Waals surface area contributed by atoms with Crippen molar-refractivity contribution in [2.45, 2.75) is 26.7 Å². The normalized spacial score (nSPS) is 10.1. The Morgan fingerprint density at radius 1 is 1.00 bits per heavy atom. The molecule has 0 saturated carbocycles. The van der Waals surface area contributed by atoms with Crippen LogP contribution in [0.5, 0.6) is 0 Å². The Balaban J connectivity index is 1.93. The van der Waals surface area contributed by atoms with E-state index >= 15 is 0 Å². The van der Waals surface area contributed by atoms with Crippen LogP contribution in [-0.4, -0.2) is 28.6 Å². The van der Waals surface area contributed by atoms with Crippen LogP contribution in [0, 0.1) is 0 Å². The van der Waals surface area contributed by atoms with Crippen LogP contribution in [0.4, 0.5) is 17.2 Å². The first-order valence-electron chi connectivity index (χ1n) is 7.85. The zero-order valence-electron chi connectivity index (χ0n) is 13.8. The van der Waals surface area contributed by atoms with E-state index < -0.39 is 0 Å². The van der Waals surface area contributed by atoms with Crippen molar-refractivity contribution in [3.63, 3.8) is 0 Å². The first kappa shape index (κ1) is 17.4. The number of benzene rings is 1. The van der Waals surface area contributed by atoms with Gasteiger partial charge in [-0.15, -0.1) is 10.2 Å². The van der Waals surface area contributed by atoms with Crippen LogP contribution in [-0.2, 0) is 4.79 Å². The van der Waals surface area contributed by atoms with Gasteiger partial charge in [0.05, 0.1) is 0 Å². The zero-order valence-corrected chi connectivity index (χ0v) is 13.8. The lowest BCUT2D eigenvalue weighted by Gasteiger charge is -2.07. The fourth-order valence-corrected chi connectivity index (χ4v) is 1.98. The second-order valence-electron chi connectivity index (χ2n) is 5.30. The number of hydrogen-bond acceptors (Lipinski definition) is 5. The minimum Gasteiger partial charge on any atom is -0.351 e. The van der Waals surface area contributed by atoms with Crippen molar-refractivity contribution in [1.82, 2.24) is 15.5 Å². The van der Waals surface area contributed by atoms with E-state index in [1.54, 1.807) is 24.3 Å². The molecular weight excluding hydrogens is 306 g/mol. The number of unbranched alkanes of at least 4 members (excludes halogenated alkanes) is 1. The monoisotopic (exact) mass is 327 g/mol. The summed E-state index contributed by atoms with van der Waals surface area (Å²) in [6.07, 6.45) is 1.96. The highest BCUT2D eigenvalue weighted by molar-refractivity contribution is 5.92. The number of hydrogen-bond donors (Lipinski definition) is 3. The average Bonchev–Trinajstić information content (AvgIpc) is 2.57. The van der Waals surface area contributed by atoms with E-state index in [0.717, 1.165) is 24.2 Å². The van der Waals surface area contributed by atoms with Gasteiger partial charge in [-0.1, -0.05) is 13.3 Å². The highest BCUT2D eigenvalue weighted by Gasteiger charge is 2.07. The molecular formula is C17H21N5O2. The van der Waals surface area contributed by atoms with Crippen LogP contribution >= 0.6 is 0 Å². The minimum atomic E-state index is -0.220. The van der Waals surface area contributed by atoms with Gasteiger partial charge in [0.2, 0.25) is 5.91 Å². The van der Waals surface area contributed by atoms with Gasteiger partial charge in [0.15, 0.2) is 11.5 Å². The molecule has 0 aliphatic rings. The van der Waals surface area contributed by atoms with Gasteiger partial charge in [-0.05, 0) is 42.8 Å². The number of carbonyl (C=O) groups is 2. The Morgan fingerprint density at radius 2 is 1.71 bits per heavy atom. The molecule has 1 heterocycles. The van der Waals surface area contributed by atoms with E-state index in [1.165, 1.54) is 6.92 Å². The molecule has 2 rings (SSSR count). The van der Waals surface area contributed by atoms with Crippen LogP contribution in [0.2, 0.25) is 0 Å². The molecule has 7 nitrogen and oxygen atoms in total. The van der Waals surface area contributed by atoms with Gasteiger partial charge in [-0.25, -0.2) is 0 Å². The van der Waals surface area contributed by atoms with E-state index in [0.29, 0.717) is 12.4 Å². The molecule has 0 saturated heterocycles. The summed E-state index contributed by atoms with van der Waals surface area (Å²) in [7, 11) is 0. The first-order chi connectivity index (χ1) is 11.6. The lowest BCUT2D eigenvalue weighted by atomic mass is 10.2. The summed E-state index contributed by atoms with van der Waals surface area (Å²) < 4.78 is 0. The van der Waals surface area contributed by atoms with E-state index in [4.69, 9.17) is 0 Å². The molecule has 2 aromatic rings. The lowest BCUT2D eigenvalue weighted by molar-refractivity contribution is -0.114. The maximum absolute atomic E-state index is 11.8. The van der Waals surface area contributed by atoms with Gasteiger partial charge in [0, 0.05) is 24.8 Å². The van der Waals surface area contributed by atoms with E-state index in [9.17, 15) is 9.59 Å². The van der Waals surface area contributed by atoms with Crippen molar-refractivity contribution in [3.8, 4) is 0 Å². The Bertz CT molecular complexity index is 683. The van der Waals surface area contributed by atoms with Gasteiger partial charge in [0.25, 0.3) is 5.91 Å². The largest absolute Gasteiger partial charge is 0.351 e. The first-order valence-corrected chi connectivity index (χ1v) is 7.85. The molecule has 0 unspecified atom stereocenters. The van der Waals surface area contributed by atoms with E-state index in [-0.39, 0.29) is 17.5 Å². The van der Waals surface area contributed by atoms with Crippen LogP contribution in [0.25, 0.3) is 0 Å². The fraction of sp³-hybridized carbons (Fsp3) is 0.294. The molecule has 7 heteroatoms. The fourth-order valence-electron chi connectivity index (χ4n) is 1.98. The zero-order chi connectivity index (χ0) is 17.4. The molecule has 0 atom stereocenters. The predicted octanol–water partition coefficient (Wildman–Crippen LogP) is 2.71. The van der Waals surface area contributed by atoms with Gasteiger partial charge >= 0.3 is 0 Å². The average molecular weight is 327 g/mol. The molecule has 0 aliphatic carbocycles. The topological polar surface area (TPSA) is 96.0 Å². The van der Waals surface area contributed by atoms with Crippen LogP contribution in [0.1, 0.15) is 37.2 Å². The van der Waals surface area contributed by atoms with Crippen LogP contribution < -0.4 is 16.0 Å². The third kappa shape index (κ3) is 5.35. The molecule has 24 heavy (non-hydrogen) atoms. The molecule has 0 fully saturated rings. The number of anilines is 3. The Hall–Kier alpha value is -2.96. The molecule has 1 aromatic carbocycles. The molecule has 126 valence electrons. The third-order valence-corrected chi connectivity index (χ3v) is 3.19. The second kappa shape index (κ2) is 8.61. The SMILES string of the molecule is CCCCNC(=O)c1ccc(Nc2ccc(NC(C)=O)cc2)nn1.